The molecule has 3 aromatic rings. The highest BCUT2D eigenvalue weighted by Crippen LogP contribution is 2.30. The van der Waals surface area contributed by atoms with Gasteiger partial charge in [0.15, 0.2) is 18.1 Å². The highest BCUT2D eigenvalue weighted by Gasteiger charge is 2.21. The van der Waals surface area contributed by atoms with E-state index in [0.29, 0.717) is 34.6 Å². The van der Waals surface area contributed by atoms with Crippen molar-refractivity contribution in [1.82, 2.24) is 15.5 Å². The molecule has 0 saturated heterocycles. The summed E-state index contributed by atoms with van der Waals surface area (Å²) >= 11 is 0. The van der Waals surface area contributed by atoms with Crippen LogP contribution in [0.25, 0.3) is 10.8 Å². The fraction of sp³-hybridized carbons (Fsp3) is 0.238. The van der Waals surface area contributed by atoms with E-state index in [4.69, 9.17) is 14.2 Å². The van der Waals surface area contributed by atoms with Crippen LogP contribution in [0.5, 0.6) is 11.5 Å². The predicted octanol–water partition coefficient (Wildman–Crippen LogP) is 0.965. The number of carbonyl (C=O) groups excluding carboxylic acids is 2. The van der Waals surface area contributed by atoms with Gasteiger partial charge >= 0.3 is 5.97 Å². The number of hydrogen-bond acceptors (Lipinski definition) is 7. The molecule has 0 bridgehead atoms. The van der Waals surface area contributed by atoms with Crippen LogP contribution in [-0.2, 0) is 20.7 Å². The van der Waals surface area contributed by atoms with Gasteiger partial charge in [-0.2, -0.15) is 5.10 Å². The zero-order valence-electron chi connectivity index (χ0n) is 15.9. The maximum absolute atomic E-state index is 12.1. The lowest BCUT2D eigenvalue weighted by molar-refractivity contribution is -0.148. The number of fused-ring (bicyclic) bond motifs is 2. The van der Waals surface area contributed by atoms with Crippen LogP contribution >= 0.6 is 0 Å². The molecule has 1 aliphatic heterocycles. The average Bonchev–Trinajstić information content (AvgIpc) is 2.78. The predicted molar refractivity (Wildman–Crippen MR) is 106 cm³/mol. The smallest absolute Gasteiger partial charge is 0.312 e. The highest BCUT2D eigenvalue weighted by molar-refractivity contribution is 5.87. The first kappa shape index (κ1) is 19.4. The van der Waals surface area contributed by atoms with Gasteiger partial charge in [-0.25, -0.2) is 5.10 Å². The Kier molecular flexibility index (Phi) is 5.60. The fourth-order valence-corrected chi connectivity index (χ4v) is 3.08. The zero-order chi connectivity index (χ0) is 20.9. The lowest BCUT2D eigenvalue weighted by atomic mass is 10.1. The van der Waals surface area contributed by atoms with E-state index in [2.05, 4.69) is 15.5 Å². The Labute approximate surface area is 171 Å². The van der Waals surface area contributed by atoms with Crippen molar-refractivity contribution in [3.05, 3.63) is 64.6 Å². The Morgan fingerprint density at radius 2 is 1.83 bits per heavy atom. The van der Waals surface area contributed by atoms with Gasteiger partial charge in [-0.15, -0.1) is 0 Å². The molecule has 0 radical (unpaired) electrons. The first-order valence-electron chi connectivity index (χ1n) is 9.37. The number of para-hydroxylation sites is 2. The van der Waals surface area contributed by atoms with Gasteiger partial charge in [-0.05, 0) is 18.2 Å². The molecule has 1 amide bonds. The molecule has 0 aliphatic carbocycles. The van der Waals surface area contributed by atoms with E-state index in [-0.39, 0.29) is 24.6 Å². The topological polar surface area (TPSA) is 120 Å². The van der Waals surface area contributed by atoms with Gasteiger partial charge in [-0.3, -0.25) is 14.4 Å². The van der Waals surface area contributed by atoms with Crippen LogP contribution in [0.15, 0.2) is 53.3 Å². The van der Waals surface area contributed by atoms with Crippen molar-refractivity contribution in [2.24, 2.45) is 0 Å². The molecule has 1 atom stereocenters. The molecular formula is C21H19N3O6. The molecule has 1 aliphatic rings. The average molecular weight is 409 g/mol. The molecule has 1 aromatic heterocycles. The highest BCUT2D eigenvalue weighted by atomic mass is 16.6. The van der Waals surface area contributed by atoms with Crippen molar-refractivity contribution in [1.29, 1.82) is 0 Å². The third kappa shape index (κ3) is 4.40. The molecule has 0 saturated carbocycles. The standard InChI is InChI=1S/C21H19N3O6/c25-19(22-10-13-11-28-17-7-3-4-8-18(17)30-13)12-29-20(26)9-16-14-5-1-2-6-15(14)21(27)24-23-16/h1-8,13H,9-12H2,(H,22,25)(H,24,27)/t13-/m0/s1. The molecule has 2 heterocycles. The van der Waals surface area contributed by atoms with E-state index in [9.17, 15) is 14.4 Å². The van der Waals surface area contributed by atoms with Crippen LogP contribution in [0.1, 0.15) is 5.69 Å². The van der Waals surface area contributed by atoms with Gasteiger partial charge < -0.3 is 19.5 Å². The minimum absolute atomic E-state index is 0.166. The summed E-state index contributed by atoms with van der Waals surface area (Å²) in [5, 5.41) is 9.94. The Morgan fingerprint density at radius 3 is 2.67 bits per heavy atom. The van der Waals surface area contributed by atoms with Gasteiger partial charge in [-0.1, -0.05) is 30.3 Å². The van der Waals surface area contributed by atoms with E-state index >= 15 is 0 Å². The molecule has 4 rings (SSSR count). The summed E-state index contributed by atoms with van der Waals surface area (Å²) in [5.74, 6) is 0.207. The van der Waals surface area contributed by atoms with Crippen LogP contribution in [0.4, 0.5) is 0 Å². The lowest BCUT2D eigenvalue weighted by Crippen LogP contribution is -2.42. The summed E-state index contributed by atoms with van der Waals surface area (Å²) in [6.45, 7) is 0.100. The fourth-order valence-electron chi connectivity index (χ4n) is 3.08. The van der Waals surface area contributed by atoms with E-state index in [1.165, 1.54) is 0 Å². The zero-order valence-corrected chi connectivity index (χ0v) is 15.9. The largest absolute Gasteiger partial charge is 0.486 e. The normalized spacial score (nSPS) is 14.9. The molecule has 30 heavy (non-hydrogen) atoms. The van der Waals surface area contributed by atoms with Crippen molar-refractivity contribution < 1.29 is 23.8 Å². The summed E-state index contributed by atoms with van der Waals surface area (Å²) in [7, 11) is 0. The first-order valence-corrected chi connectivity index (χ1v) is 9.37. The van der Waals surface area contributed by atoms with Gasteiger partial charge in [0, 0.05) is 5.39 Å². The van der Waals surface area contributed by atoms with E-state index in [1.807, 2.05) is 18.2 Å². The van der Waals surface area contributed by atoms with Gasteiger partial charge in [0.1, 0.15) is 12.7 Å². The Morgan fingerprint density at radius 1 is 1.10 bits per heavy atom. The number of amides is 1. The molecule has 9 heteroatoms. The monoisotopic (exact) mass is 409 g/mol. The van der Waals surface area contributed by atoms with Crippen molar-refractivity contribution in [3.8, 4) is 11.5 Å². The molecule has 0 unspecified atom stereocenters. The van der Waals surface area contributed by atoms with Gasteiger partial charge in [0.2, 0.25) is 0 Å². The van der Waals surface area contributed by atoms with Crippen molar-refractivity contribution in [2.75, 3.05) is 19.8 Å². The van der Waals surface area contributed by atoms with Crippen LogP contribution in [0, 0.1) is 0 Å². The number of H-pyrrole nitrogens is 1. The quantitative estimate of drug-likeness (QED) is 0.582. The summed E-state index contributed by atoms with van der Waals surface area (Å²) in [6.07, 6.45) is -0.503. The second-order valence-electron chi connectivity index (χ2n) is 6.68. The number of ether oxygens (including phenoxy) is 3. The minimum Gasteiger partial charge on any atom is -0.486 e. The number of hydrogen-bond donors (Lipinski definition) is 2. The molecule has 0 fully saturated rings. The third-order valence-electron chi connectivity index (χ3n) is 4.55. The SMILES string of the molecule is O=C(COC(=O)Cc1n[nH]c(=O)c2ccccc12)NC[C@H]1COc2ccccc2O1. The number of nitrogens with zero attached hydrogens (tertiary/aromatic N) is 1. The molecule has 2 N–H and O–H groups in total. The summed E-state index contributed by atoms with van der Waals surface area (Å²) in [4.78, 5) is 35.9. The van der Waals surface area contributed by atoms with Crippen molar-refractivity contribution >= 4 is 22.6 Å². The number of aromatic nitrogens is 2. The van der Waals surface area contributed by atoms with Crippen molar-refractivity contribution in [2.45, 2.75) is 12.5 Å². The summed E-state index contributed by atoms with van der Waals surface area (Å²) in [5.41, 5.74) is 0.0423. The number of benzene rings is 2. The number of esters is 1. The number of aromatic amines is 1. The number of carbonyl (C=O) groups is 2. The van der Waals surface area contributed by atoms with Gasteiger partial charge in [0.05, 0.1) is 24.0 Å². The lowest BCUT2D eigenvalue weighted by Gasteiger charge is -2.26. The Balaban J connectivity index is 1.25. The maximum atomic E-state index is 12.1. The van der Waals surface area contributed by atoms with E-state index in [0.717, 1.165) is 0 Å². The second-order valence-corrected chi connectivity index (χ2v) is 6.68. The van der Waals surface area contributed by atoms with Crippen LogP contribution in [0.2, 0.25) is 0 Å². The second kappa shape index (κ2) is 8.64. The molecule has 0 spiro atoms. The first-order chi connectivity index (χ1) is 14.6. The van der Waals surface area contributed by atoms with Crippen molar-refractivity contribution in [3.63, 3.8) is 0 Å². The van der Waals surface area contributed by atoms with Crippen LogP contribution in [0.3, 0.4) is 0 Å². The minimum atomic E-state index is -0.624. The van der Waals surface area contributed by atoms with Gasteiger partial charge in [0.25, 0.3) is 11.5 Å². The van der Waals surface area contributed by atoms with Crippen LogP contribution in [-0.4, -0.2) is 47.9 Å². The van der Waals surface area contributed by atoms with E-state index in [1.54, 1.807) is 30.3 Å². The van der Waals surface area contributed by atoms with E-state index < -0.39 is 18.5 Å². The third-order valence-corrected chi connectivity index (χ3v) is 4.55. The summed E-state index contributed by atoms with van der Waals surface area (Å²) < 4.78 is 16.4. The Hall–Kier alpha value is -3.88. The molecule has 9 nitrogen and oxygen atoms in total. The molecule has 154 valence electrons. The maximum Gasteiger partial charge on any atom is 0.312 e. The summed E-state index contributed by atoms with van der Waals surface area (Å²) in [6, 6.07) is 14.1. The number of nitrogens with one attached hydrogen (secondary N) is 2. The molecular weight excluding hydrogens is 390 g/mol. The Bertz CT molecular complexity index is 1140. The number of rotatable bonds is 6. The molecule has 2 aromatic carbocycles. The van der Waals surface area contributed by atoms with Crippen LogP contribution < -0.4 is 20.3 Å².